The van der Waals surface area contributed by atoms with Crippen LogP contribution >= 0.6 is 0 Å². The zero-order valence-corrected chi connectivity index (χ0v) is 12.4. The maximum absolute atomic E-state index is 12.4. The summed E-state index contributed by atoms with van der Waals surface area (Å²) in [6, 6.07) is 6.67. The fourth-order valence-corrected chi connectivity index (χ4v) is 2.34. The third kappa shape index (κ3) is 3.97. The predicted octanol–water partition coefficient (Wildman–Crippen LogP) is 2.09. The van der Waals surface area contributed by atoms with Crippen molar-refractivity contribution in [2.75, 3.05) is 6.61 Å². The lowest BCUT2D eigenvalue weighted by atomic mass is 10.1. The van der Waals surface area contributed by atoms with Crippen LogP contribution < -0.4 is 4.74 Å². The van der Waals surface area contributed by atoms with Crippen molar-refractivity contribution in [1.82, 2.24) is 4.90 Å². The number of hydrogen-bond donors (Lipinski definition) is 1. The average molecular weight is 291 g/mol. The molecule has 114 valence electrons. The zero-order valence-electron chi connectivity index (χ0n) is 12.4. The Morgan fingerprint density at radius 2 is 1.95 bits per heavy atom. The smallest absolute Gasteiger partial charge is 0.326 e. The molecule has 1 saturated carbocycles. The van der Waals surface area contributed by atoms with E-state index >= 15 is 0 Å². The van der Waals surface area contributed by atoms with E-state index in [1.807, 2.05) is 31.2 Å². The minimum atomic E-state index is -0.957. The first-order valence-electron chi connectivity index (χ1n) is 7.28. The van der Waals surface area contributed by atoms with E-state index in [4.69, 9.17) is 9.84 Å². The van der Waals surface area contributed by atoms with Crippen LogP contribution in [0.2, 0.25) is 0 Å². The van der Waals surface area contributed by atoms with Crippen molar-refractivity contribution in [3.63, 3.8) is 0 Å². The number of carboxylic acids is 1. The molecule has 0 spiro atoms. The Hall–Kier alpha value is -2.04. The van der Waals surface area contributed by atoms with Crippen molar-refractivity contribution in [2.24, 2.45) is 0 Å². The minimum absolute atomic E-state index is 0.0892. The zero-order chi connectivity index (χ0) is 15.4. The standard InChI is InChI=1S/C16H21NO4/c1-3-21-14-8-4-12(5-9-14)10-15(18)17(13-6-7-13)11(2)16(19)20/h4-5,8-9,11,13H,3,6-7,10H2,1-2H3,(H,19,20). The molecule has 1 aromatic rings. The highest BCUT2D eigenvalue weighted by atomic mass is 16.5. The van der Waals surface area contributed by atoms with Crippen LogP contribution in [0, 0.1) is 0 Å². The van der Waals surface area contributed by atoms with E-state index < -0.39 is 12.0 Å². The van der Waals surface area contributed by atoms with Crippen LogP contribution in [-0.2, 0) is 16.0 Å². The number of carboxylic acid groups (broad SMARTS) is 1. The first-order valence-corrected chi connectivity index (χ1v) is 7.28. The third-order valence-corrected chi connectivity index (χ3v) is 3.59. The van der Waals surface area contributed by atoms with Gasteiger partial charge in [0.1, 0.15) is 11.8 Å². The highest BCUT2D eigenvalue weighted by Crippen LogP contribution is 2.29. The third-order valence-electron chi connectivity index (χ3n) is 3.59. The van der Waals surface area contributed by atoms with Gasteiger partial charge in [-0.2, -0.15) is 0 Å². The number of carbonyl (C=O) groups excluding carboxylic acids is 1. The summed E-state index contributed by atoms with van der Waals surface area (Å²) in [5, 5.41) is 9.13. The number of carbonyl (C=O) groups is 2. The molecule has 1 amide bonds. The summed E-state index contributed by atoms with van der Waals surface area (Å²) in [5.74, 6) is -0.315. The second kappa shape index (κ2) is 6.61. The second-order valence-corrected chi connectivity index (χ2v) is 5.30. The van der Waals surface area contributed by atoms with Crippen LogP contribution in [0.4, 0.5) is 0 Å². The summed E-state index contributed by atoms with van der Waals surface area (Å²) in [6.07, 6.45) is 2.01. The number of rotatable bonds is 7. The first kappa shape index (κ1) is 15.4. The molecule has 0 aliphatic heterocycles. The van der Waals surface area contributed by atoms with E-state index in [9.17, 15) is 9.59 Å². The summed E-state index contributed by atoms with van der Waals surface area (Å²) in [6.45, 7) is 4.08. The molecule has 1 N–H and O–H groups in total. The molecular weight excluding hydrogens is 270 g/mol. The van der Waals surface area contributed by atoms with Gasteiger partial charge in [0.2, 0.25) is 5.91 Å². The number of ether oxygens (including phenoxy) is 1. The van der Waals surface area contributed by atoms with Crippen LogP contribution in [0.25, 0.3) is 0 Å². The Kier molecular flexibility index (Phi) is 4.83. The fraction of sp³-hybridized carbons (Fsp3) is 0.500. The van der Waals surface area contributed by atoms with Crippen molar-refractivity contribution in [2.45, 2.75) is 45.2 Å². The molecule has 1 aromatic carbocycles. The number of benzene rings is 1. The molecular formula is C16H21NO4. The van der Waals surface area contributed by atoms with Gasteiger partial charge in [0.15, 0.2) is 0 Å². The van der Waals surface area contributed by atoms with Gasteiger partial charge in [0.25, 0.3) is 0 Å². The number of aliphatic carboxylic acids is 1. The molecule has 0 saturated heterocycles. The van der Waals surface area contributed by atoms with Crippen LogP contribution in [0.5, 0.6) is 5.75 Å². The van der Waals surface area contributed by atoms with Gasteiger partial charge in [0, 0.05) is 6.04 Å². The van der Waals surface area contributed by atoms with Gasteiger partial charge in [-0.3, -0.25) is 4.79 Å². The van der Waals surface area contributed by atoms with Crippen molar-refractivity contribution in [3.8, 4) is 5.75 Å². The summed E-state index contributed by atoms with van der Waals surface area (Å²) >= 11 is 0. The molecule has 5 nitrogen and oxygen atoms in total. The van der Waals surface area contributed by atoms with Crippen molar-refractivity contribution < 1.29 is 19.4 Å². The molecule has 5 heteroatoms. The largest absolute Gasteiger partial charge is 0.494 e. The lowest BCUT2D eigenvalue weighted by molar-refractivity contribution is -0.149. The monoisotopic (exact) mass is 291 g/mol. The summed E-state index contributed by atoms with van der Waals surface area (Å²) < 4.78 is 5.36. The molecule has 1 atom stereocenters. The fourth-order valence-electron chi connectivity index (χ4n) is 2.34. The molecule has 1 unspecified atom stereocenters. The van der Waals surface area contributed by atoms with Crippen molar-refractivity contribution in [1.29, 1.82) is 0 Å². The van der Waals surface area contributed by atoms with E-state index in [0.29, 0.717) is 6.61 Å². The molecule has 0 bridgehead atoms. The Bertz CT molecular complexity index is 508. The molecule has 0 aromatic heterocycles. The van der Waals surface area contributed by atoms with E-state index in [-0.39, 0.29) is 18.4 Å². The average Bonchev–Trinajstić information content (AvgIpc) is 3.26. The lowest BCUT2D eigenvalue weighted by Crippen LogP contribution is -2.45. The first-order chi connectivity index (χ1) is 10.0. The Balaban J connectivity index is 2.02. The van der Waals surface area contributed by atoms with Gasteiger partial charge < -0.3 is 14.7 Å². The van der Waals surface area contributed by atoms with Crippen molar-refractivity contribution in [3.05, 3.63) is 29.8 Å². The molecule has 1 fully saturated rings. The number of nitrogens with zero attached hydrogens (tertiary/aromatic N) is 1. The molecule has 1 aliphatic rings. The van der Waals surface area contributed by atoms with Gasteiger partial charge in [0.05, 0.1) is 13.0 Å². The van der Waals surface area contributed by atoms with Gasteiger partial charge in [-0.05, 0) is 44.4 Å². The predicted molar refractivity (Wildman–Crippen MR) is 78.3 cm³/mol. The number of amides is 1. The Labute approximate surface area is 124 Å². The Morgan fingerprint density at radius 3 is 2.43 bits per heavy atom. The Morgan fingerprint density at radius 1 is 1.33 bits per heavy atom. The quantitative estimate of drug-likeness (QED) is 0.835. The number of hydrogen-bond acceptors (Lipinski definition) is 3. The minimum Gasteiger partial charge on any atom is -0.494 e. The van der Waals surface area contributed by atoms with Gasteiger partial charge in [-0.25, -0.2) is 4.79 Å². The SMILES string of the molecule is CCOc1ccc(CC(=O)N(C2CC2)C(C)C(=O)O)cc1. The highest BCUT2D eigenvalue weighted by molar-refractivity contribution is 5.85. The van der Waals surface area contributed by atoms with E-state index in [0.717, 1.165) is 24.2 Å². The maximum atomic E-state index is 12.4. The van der Waals surface area contributed by atoms with Crippen LogP contribution in [0.15, 0.2) is 24.3 Å². The van der Waals surface area contributed by atoms with Gasteiger partial charge >= 0.3 is 5.97 Å². The molecule has 1 aliphatic carbocycles. The van der Waals surface area contributed by atoms with E-state index in [1.54, 1.807) is 6.92 Å². The molecule has 0 heterocycles. The summed E-state index contributed by atoms with van der Waals surface area (Å²) in [7, 11) is 0. The normalized spacial score (nSPS) is 15.3. The second-order valence-electron chi connectivity index (χ2n) is 5.30. The topological polar surface area (TPSA) is 66.8 Å². The lowest BCUT2D eigenvalue weighted by Gasteiger charge is -2.26. The van der Waals surface area contributed by atoms with Crippen molar-refractivity contribution >= 4 is 11.9 Å². The van der Waals surface area contributed by atoms with Crippen LogP contribution in [0.3, 0.4) is 0 Å². The van der Waals surface area contributed by atoms with Gasteiger partial charge in [-0.1, -0.05) is 12.1 Å². The summed E-state index contributed by atoms with van der Waals surface area (Å²) in [5.41, 5.74) is 0.867. The van der Waals surface area contributed by atoms with E-state index in [2.05, 4.69) is 0 Å². The highest BCUT2D eigenvalue weighted by Gasteiger charge is 2.38. The molecule has 21 heavy (non-hydrogen) atoms. The van der Waals surface area contributed by atoms with Gasteiger partial charge in [-0.15, -0.1) is 0 Å². The van der Waals surface area contributed by atoms with Crippen LogP contribution in [0.1, 0.15) is 32.3 Å². The summed E-state index contributed by atoms with van der Waals surface area (Å²) in [4.78, 5) is 25.0. The molecule has 2 rings (SSSR count). The maximum Gasteiger partial charge on any atom is 0.326 e. The molecule has 0 radical (unpaired) electrons. The van der Waals surface area contributed by atoms with E-state index in [1.165, 1.54) is 4.90 Å². The van der Waals surface area contributed by atoms with Crippen LogP contribution in [-0.4, -0.2) is 40.6 Å².